The lowest BCUT2D eigenvalue weighted by Gasteiger charge is -2.22. The lowest BCUT2D eigenvalue weighted by molar-refractivity contribution is -0.384. The van der Waals surface area contributed by atoms with Crippen LogP contribution in [0.3, 0.4) is 0 Å². The number of nitrogens with one attached hydrogen (secondary N) is 1. The topological polar surface area (TPSA) is 72.2 Å². The van der Waals surface area contributed by atoms with E-state index >= 15 is 0 Å². The van der Waals surface area contributed by atoms with Gasteiger partial charge < -0.3 is 5.32 Å². The molecule has 0 aliphatic rings. The maximum absolute atomic E-state index is 12.0. The molecule has 110 valence electrons. The monoisotopic (exact) mass is 318 g/mol. The molecule has 1 amide bonds. The first-order valence-electron chi connectivity index (χ1n) is 6.09. The van der Waals surface area contributed by atoms with Gasteiger partial charge in [0.1, 0.15) is 5.02 Å². The van der Waals surface area contributed by atoms with E-state index in [9.17, 15) is 14.9 Å². The van der Waals surface area contributed by atoms with Crippen molar-refractivity contribution in [1.29, 1.82) is 0 Å². The number of nitro groups is 1. The molecule has 0 aliphatic carbocycles. The highest BCUT2D eigenvalue weighted by molar-refractivity contribution is 6.43. The maximum atomic E-state index is 12.0. The van der Waals surface area contributed by atoms with Crippen molar-refractivity contribution in [2.75, 3.05) is 6.54 Å². The van der Waals surface area contributed by atoms with Crippen LogP contribution in [0.1, 0.15) is 37.6 Å². The van der Waals surface area contributed by atoms with Crippen molar-refractivity contribution < 1.29 is 9.72 Å². The van der Waals surface area contributed by atoms with Crippen molar-refractivity contribution in [2.24, 2.45) is 5.41 Å². The molecule has 0 unspecified atom stereocenters. The van der Waals surface area contributed by atoms with E-state index in [0.717, 1.165) is 12.5 Å². The Morgan fingerprint density at radius 3 is 2.50 bits per heavy atom. The summed E-state index contributed by atoms with van der Waals surface area (Å²) < 4.78 is 0. The number of benzene rings is 1. The summed E-state index contributed by atoms with van der Waals surface area (Å²) in [5, 5.41) is 13.4. The Hall–Kier alpha value is -1.33. The van der Waals surface area contributed by atoms with Gasteiger partial charge in [-0.05, 0) is 17.9 Å². The lowest BCUT2D eigenvalue weighted by Crippen LogP contribution is -2.33. The molecule has 0 aromatic heterocycles. The minimum atomic E-state index is -0.666. The van der Waals surface area contributed by atoms with Gasteiger partial charge in [0.2, 0.25) is 0 Å². The molecule has 0 saturated heterocycles. The van der Waals surface area contributed by atoms with Crippen LogP contribution in [-0.4, -0.2) is 17.4 Å². The summed E-state index contributed by atoms with van der Waals surface area (Å²) in [6.07, 6.45) is 0.898. The zero-order valence-electron chi connectivity index (χ0n) is 11.5. The van der Waals surface area contributed by atoms with Crippen molar-refractivity contribution in [3.8, 4) is 0 Å². The van der Waals surface area contributed by atoms with Crippen molar-refractivity contribution in [3.63, 3.8) is 0 Å². The van der Waals surface area contributed by atoms with Gasteiger partial charge in [-0.25, -0.2) is 0 Å². The first-order valence-corrected chi connectivity index (χ1v) is 6.85. The van der Waals surface area contributed by atoms with Gasteiger partial charge in [0.25, 0.3) is 11.6 Å². The van der Waals surface area contributed by atoms with E-state index in [4.69, 9.17) is 23.2 Å². The van der Waals surface area contributed by atoms with Crippen molar-refractivity contribution in [3.05, 3.63) is 37.9 Å². The van der Waals surface area contributed by atoms with Gasteiger partial charge in [0, 0.05) is 18.2 Å². The number of rotatable bonds is 5. The van der Waals surface area contributed by atoms with Gasteiger partial charge >= 0.3 is 0 Å². The largest absolute Gasteiger partial charge is 0.351 e. The number of halogens is 2. The molecule has 0 radical (unpaired) electrons. The molecule has 0 atom stereocenters. The quantitative estimate of drug-likeness (QED) is 0.657. The standard InChI is InChI=1S/C13H16Cl2N2O3/c1-4-13(2,3)7-16-12(18)8-5-9(14)11(15)10(6-8)17(19)20/h5-6H,4,7H2,1-3H3,(H,16,18). The molecular formula is C13H16Cl2N2O3. The molecule has 1 rings (SSSR count). The third-order valence-corrected chi connectivity index (χ3v) is 3.94. The third kappa shape index (κ3) is 4.08. The molecule has 0 aliphatic heterocycles. The fraction of sp³-hybridized carbons (Fsp3) is 0.462. The third-order valence-electron chi connectivity index (χ3n) is 3.15. The Balaban J connectivity index is 2.97. The van der Waals surface area contributed by atoms with E-state index in [0.29, 0.717) is 6.54 Å². The van der Waals surface area contributed by atoms with Crippen molar-refractivity contribution in [2.45, 2.75) is 27.2 Å². The van der Waals surface area contributed by atoms with Crippen LogP contribution < -0.4 is 5.32 Å². The molecule has 7 heteroatoms. The van der Waals surface area contributed by atoms with Crippen LogP contribution >= 0.6 is 23.2 Å². The van der Waals surface area contributed by atoms with E-state index in [1.165, 1.54) is 6.07 Å². The van der Waals surface area contributed by atoms with Gasteiger partial charge in [-0.2, -0.15) is 0 Å². The number of carbonyl (C=O) groups excluding carboxylic acids is 1. The summed E-state index contributed by atoms with van der Waals surface area (Å²) in [6.45, 7) is 6.53. The second-order valence-corrected chi connectivity index (χ2v) is 6.03. The molecule has 0 saturated carbocycles. The van der Waals surface area contributed by atoms with E-state index in [-0.39, 0.29) is 26.7 Å². The Morgan fingerprint density at radius 1 is 1.40 bits per heavy atom. The molecule has 0 spiro atoms. The molecule has 1 aromatic carbocycles. The van der Waals surface area contributed by atoms with Gasteiger partial charge in [-0.3, -0.25) is 14.9 Å². The van der Waals surface area contributed by atoms with Gasteiger partial charge in [-0.1, -0.05) is 44.0 Å². The summed E-state index contributed by atoms with van der Waals surface area (Å²) in [6, 6.07) is 2.45. The van der Waals surface area contributed by atoms with Gasteiger partial charge in [0.15, 0.2) is 0 Å². The number of carbonyl (C=O) groups is 1. The predicted molar refractivity (Wildman–Crippen MR) is 79.5 cm³/mol. The molecule has 20 heavy (non-hydrogen) atoms. The van der Waals surface area contributed by atoms with E-state index in [2.05, 4.69) is 5.32 Å². The van der Waals surface area contributed by atoms with Crippen LogP contribution in [0.4, 0.5) is 5.69 Å². The van der Waals surface area contributed by atoms with E-state index in [1.807, 2.05) is 20.8 Å². The highest BCUT2D eigenvalue weighted by Gasteiger charge is 2.21. The summed E-state index contributed by atoms with van der Waals surface area (Å²) in [5.41, 5.74) is -0.297. The lowest BCUT2D eigenvalue weighted by atomic mass is 9.90. The number of hydrogen-bond acceptors (Lipinski definition) is 3. The molecule has 1 aromatic rings. The predicted octanol–water partition coefficient (Wildman–Crippen LogP) is 4.07. The summed E-state index contributed by atoms with van der Waals surface area (Å²) in [7, 11) is 0. The minimum Gasteiger partial charge on any atom is -0.351 e. The highest BCUT2D eigenvalue weighted by atomic mass is 35.5. The van der Waals surface area contributed by atoms with Crippen molar-refractivity contribution in [1.82, 2.24) is 5.32 Å². The van der Waals surface area contributed by atoms with Gasteiger partial charge in [-0.15, -0.1) is 0 Å². The molecular weight excluding hydrogens is 303 g/mol. The summed E-state index contributed by atoms with van der Waals surface area (Å²) in [5.74, 6) is -0.409. The SMILES string of the molecule is CCC(C)(C)CNC(=O)c1cc(Cl)c(Cl)c([N+](=O)[O-])c1. The molecule has 5 nitrogen and oxygen atoms in total. The summed E-state index contributed by atoms with van der Waals surface area (Å²) >= 11 is 11.5. The first kappa shape index (κ1) is 16.7. The second-order valence-electron chi connectivity index (χ2n) is 5.25. The average molecular weight is 319 g/mol. The smallest absolute Gasteiger partial charge is 0.290 e. The maximum Gasteiger partial charge on any atom is 0.290 e. The van der Waals surface area contributed by atoms with Crippen LogP contribution in [0.15, 0.2) is 12.1 Å². The zero-order chi connectivity index (χ0) is 15.5. The number of amides is 1. The van der Waals surface area contributed by atoms with Crippen LogP contribution in [0.25, 0.3) is 0 Å². The molecule has 1 N–H and O–H groups in total. The fourth-order valence-electron chi connectivity index (χ4n) is 1.39. The highest BCUT2D eigenvalue weighted by Crippen LogP contribution is 2.33. The van der Waals surface area contributed by atoms with Crippen LogP contribution in [0, 0.1) is 15.5 Å². The van der Waals surface area contributed by atoms with Gasteiger partial charge in [0.05, 0.1) is 9.95 Å². The van der Waals surface area contributed by atoms with Crippen LogP contribution in [0.2, 0.25) is 10.0 Å². The summed E-state index contributed by atoms with van der Waals surface area (Å²) in [4.78, 5) is 22.2. The van der Waals surface area contributed by atoms with Crippen molar-refractivity contribution >= 4 is 34.8 Å². The number of nitrogens with zero attached hydrogens (tertiary/aromatic N) is 1. The Kier molecular flexibility index (Phi) is 5.36. The van der Waals surface area contributed by atoms with Crippen LogP contribution in [0.5, 0.6) is 0 Å². The molecule has 0 bridgehead atoms. The van der Waals surface area contributed by atoms with E-state index in [1.54, 1.807) is 0 Å². The molecule has 0 heterocycles. The minimum absolute atomic E-state index is 0.0132. The normalized spacial score (nSPS) is 11.2. The Bertz CT molecular complexity index is 545. The second kappa shape index (κ2) is 6.41. The number of nitro benzene ring substituents is 1. The zero-order valence-corrected chi connectivity index (χ0v) is 13.0. The fourth-order valence-corrected chi connectivity index (χ4v) is 1.78. The Morgan fingerprint density at radius 2 is 2.00 bits per heavy atom. The number of hydrogen-bond donors (Lipinski definition) is 1. The van der Waals surface area contributed by atoms with Crippen LogP contribution in [-0.2, 0) is 0 Å². The van der Waals surface area contributed by atoms with E-state index < -0.39 is 10.8 Å². The first-order chi connectivity index (χ1) is 9.18. The molecule has 0 fully saturated rings. The Labute approximate surface area is 127 Å². The average Bonchev–Trinajstić information content (AvgIpc) is 2.38.